The smallest absolute Gasteiger partial charge is 0.137 e. The molecule has 0 unspecified atom stereocenters. The molecule has 0 bridgehead atoms. The molecule has 10 rings (SSSR count). The van der Waals surface area contributed by atoms with Crippen molar-refractivity contribution in [3.8, 4) is 17.2 Å². The highest BCUT2D eigenvalue weighted by Gasteiger charge is 2.18. The fourth-order valence-electron chi connectivity index (χ4n) is 7.41. The predicted octanol–water partition coefficient (Wildman–Crippen LogP) is 10.4. The van der Waals surface area contributed by atoms with Gasteiger partial charge in [0.1, 0.15) is 5.82 Å². The predicted molar refractivity (Wildman–Crippen MR) is 187 cm³/mol. The standard InChI is InChI=1S/C41H26N4/c1-5-15-35-29(11-1)30-12-2-6-16-36(30)43(35)28-20-22-33-31-13-3-7-17-37(31)44(40(33)26-28)27-21-23-39-34(25-27)32-14-4-8-18-38(32)45(39)41-19-9-10-24-42-41/h1-26H. The van der Waals surface area contributed by atoms with Crippen LogP contribution in [-0.2, 0) is 0 Å². The van der Waals surface area contributed by atoms with Crippen molar-refractivity contribution in [1.82, 2.24) is 18.7 Å². The quantitative estimate of drug-likeness (QED) is 0.206. The minimum Gasteiger partial charge on any atom is -0.309 e. The van der Waals surface area contributed by atoms with Gasteiger partial charge in [0.2, 0.25) is 0 Å². The van der Waals surface area contributed by atoms with Crippen molar-refractivity contribution in [3.63, 3.8) is 0 Å². The molecule has 0 amide bonds. The summed E-state index contributed by atoms with van der Waals surface area (Å²) in [6, 6.07) is 54.6. The fourth-order valence-corrected chi connectivity index (χ4v) is 7.41. The molecule has 4 nitrogen and oxygen atoms in total. The number of hydrogen-bond acceptors (Lipinski definition) is 1. The Morgan fingerprint density at radius 1 is 0.311 bits per heavy atom. The third-order valence-corrected chi connectivity index (χ3v) is 9.29. The Morgan fingerprint density at radius 3 is 1.36 bits per heavy atom. The van der Waals surface area contributed by atoms with Crippen LogP contribution in [0.2, 0.25) is 0 Å². The molecule has 4 aromatic heterocycles. The lowest BCUT2D eigenvalue weighted by molar-refractivity contribution is 1.08. The molecule has 4 heterocycles. The number of nitrogens with zero attached hydrogens (tertiary/aromatic N) is 4. The highest BCUT2D eigenvalue weighted by Crippen LogP contribution is 2.38. The number of para-hydroxylation sites is 4. The Labute approximate surface area is 258 Å². The summed E-state index contributed by atoms with van der Waals surface area (Å²) in [7, 11) is 0. The number of benzene rings is 6. The minimum atomic E-state index is 0.920. The molecular weight excluding hydrogens is 548 g/mol. The molecular formula is C41H26N4. The van der Waals surface area contributed by atoms with Gasteiger partial charge in [-0.3, -0.25) is 4.57 Å². The first-order valence-electron chi connectivity index (χ1n) is 15.3. The van der Waals surface area contributed by atoms with Gasteiger partial charge in [0.05, 0.1) is 33.1 Å². The van der Waals surface area contributed by atoms with E-state index in [0.29, 0.717) is 0 Å². The zero-order valence-corrected chi connectivity index (χ0v) is 24.3. The van der Waals surface area contributed by atoms with Crippen molar-refractivity contribution >= 4 is 65.4 Å². The summed E-state index contributed by atoms with van der Waals surface area (Å²) in [4.78, 5) is 4.71. The van der Waals surface area contributed by atoms with Gasteiger partial charge in [0.25, 0.3) is 0 Å². The average molecular weight is 575 g/mol. The van der Waals surface area contributed by atoms with Crippen molar-refractivity contribution in [3.05, 3.63) is 158 Å². The van der Waals surface area contributed by atoms with Gasteiger partial charge < -0.3 is 9.13 Å². The minimum absolute atomic E-state index is 0.920. The van der Waals surface area contributed by atoms with Crippen LogP contribution in [0.1, 0.15) is 0 Å². The molecule has 0 aliphatic rings. The van der Waals surface area contributed by atoms with E-state index in [0.717, 1.165) is 28.2 Å². The van der Waals surface area contributed by atoms with Gasteiger partial charge in [-0.15, -0.1) is 0 Å². The molecule has 10 aromatic rings. The number of fused-ring (bicyclic) bond motifs is 9. The van der Waals surface area contributed by atoms with Crippen LogP contribution in [0.15, 0.2) is 158 Å². The number of pyridine rings is 1. The zero-order valence-electron chi connectivity index (χ0n) is 24.3. The van der Waals surface area contributed by atoms with Crippen LogP contribution < -0.4 is 0 Å². The molecule has 0 saturated carbocycles. The topological polar surface area (TPSA) is 27.7 Å². The summed E-state index contributed by atoms with van der Waals surface area (Å²) in [5.74, 6) is 0.920. The van der Waals surface area contributed by atoms with Crippen molar-refractivity contribution in [2.75, 3.05) is 0 Å². The Kier molecular flexibility index (Phi) is 4.96. The molecule has 210 valence electrons. The van der Waals surface area contributed by atoms with Crippen LogP contribution in [0.3, 0.4) is 0 Å². The molecule has 45 heavy (non-hydrogen) atoms. The highest BCUT2D eigenvalue weighted by molar-refractivity contribution is 6.13. The van der Waals surface area contributed by atoms with E-state index in [1.165, 1.54) is 54.4 Å². The zero-order chi connectivity index (χ0) is 29.5. The number of rotatable bonds is 3. The number of aromatic nitrogens is 4. The van der Waals surface area contributed by atoms with Crippen molar-refractivity contribution < 1.29 is 0 Å². The lowest BCUT2D eigenvalue weighted by Crippen LogP contribution is -1.98. The maximum Gasteiger partial charge on any atom is 0.137 e. The molecule has 0 fully saturated rings. The molecule has 0 spiro atoms. The average Bonchev–Trinajstić information content (AvgIpc) is 3.74. The first-order valence-corrected chi connectivity index (χ1v) is 15.3. The molecule has 0 aliphatic heterocycles. The van der Waals surface area contributed by atoms with E-state index >= 15 is 0 Å². The maximum absolute atomic E-state index is 4.71. The van der Waals surface area contributed by atoms with E-state index in [1.54, 1.807) is 0 Å². The van der Waals surface area contributed by atoms with E-state index < -0.39 is 0 Å². The van der Waals surface area contributed by atoms with E-state index in [1.807, 2.05) is 18.3 Å². The first-order chi connectivity index (χ1) is 22.3. The van der Waals surface area contributed by atoms with E-state index in [2.05, 4.69) is 153 Å². The van der Waals surface area contributed by atoms with Gasteiger partial charge in [-0.1, -0.05) is 84.9 Å². The fraction of sp³-hybridized carbons (Fsp3) is 0. The summed E-state index contributed by atoms with van der Waals surface area (Å²) in [6.45, 7) is 0. The van der Waals surface area contributed by atoms with Gasteiger partial charge >= 0.3 is 0 Å². The SMILES string of the molecule is c1ccc(-n2c3ccccc3c3cc(-n4c5ccccc5c5ccc(-n6c7ccccc7c7ccccc76)cc54)ccc32)nc1. The molecule has 0 radical (unpaired) electrons. The van der Waals surface area contributed by atoms with Crippen molar-refractivity contribution in [2.45, 2.75) is 0 Å². The summed E-state index contributed by atoms with van der Waals surface area (Å²) in [6.07, 6.45) is 1.86. The van der Waals surface area contributed by atoms with Gasteiger partial charge in [-0.05, 0) is 66.7 Å². The third-order valence-electron chi connectivity index (χ3n) is 9.29. The highest BCUT2D eigenvalue weighted by atomic mass is 15.1. The van der Waals surface area contributed by atoms with Gasteiger partial charge in [0, 0.05) is 49.9 Å². The van der Waals surface area contributed by atoms with Crippen LogP contribution in [-0.4, -0.2) is 18.7 Å². The first kappa shape index (κ1) is 24.3. The Bertz CT molecular complexity index is 2710. The van der Waals surface area contributed by atoms with Gasteiger partial charge in [-0.2, -0.15) is 0 Å². The van der Waals surface area contributed by atoms with Gasteiger partial charge in [0.15, 0.2) is 0 Å². The Hall–Kier alpha value is -6.13. The van der Waals surface area contributed by atoms with Crippen LogP contribution in [0.25, 0.3) is 82.6 Å². The summed E-state index contributed by atoms with van der Waals surface area (Å²) in [5.41, 5.74) is 9.38. The van der Waals surface area contributed by atoms with Crippen molar-refractivity contribution in [1.29, 1.82) is 0 Å². The normalized spacial score (nSPS) is 12.0. The van der Waals surface area contributed by atoms with E-state index in [9.17, 15) is 0 Å². The summed E-state index contributed by atoms with van der Waals surface area (Å²) in [5, 5.41) is 7.44. The monoisotopic (exact) mass is 574 g/mol. The van der Waals surface area contributed by atoms with Gasteiger partial charge in [-0.25, -0.2) is 4.98 Å². The number of hydrogen-bond donors (Lipinski definition) is 0. The molecule has 0 atom stereocenters. The van der Waals surface area contributed by atoms with Crippen LogP contribution in [0.4, 0.5) is 0 Å². The lowest BCUT2D eigenvalue weighted by atomic mass is 10.1. The van der Waals surface area contributed by atoms with Crippen LogP contribution in [0, 0.1) is 0 Å². The second-order valence-corrected chi connectivity index (χ2v) is 11.7. The molecule has 4 heteroatoms. The van der Waals surface area contributed by atoms with E-state index in [-0.39, 0.29) is 0 Å². The third kappa shape index (κ3) is 3.39. The second kappa shape index (κ2) is 9.18. The molecule has 0 aliphatic carbocycles. The van der Waals surface area contributed by atoms with E-state index in [4.69, 9.17) is 4.98 Å². The van der Waals surface area contributed by atoms with Crippen LogP contribution in [0.5, 0.6) is 0 Å². The molecule has 0 saturated heterocycles. The summed E-state index contributed by atoms with van der Waals surface area (Å²) >= 11 is 0. The Morgan fingerprint density at radius 2 is 0.756 bits per heavy atom. The Balaban J connectivity index is 1.28. The summed E-state index contributed by atoms with van der Waals surface area (Å²) < 4.78 is 7.09. The maximum atomic E-state index is 4.71. The van der Waals surface area contributed by atoms with Crippen LogP contribution >= 0.6 is 0 Å². The molecule has 0 N–H and O–H groups in total. The largest absolute Gasteiger partial charge is 0.309 e. The lowest BCUT2D eigenvalue weighted by Gasteiger charge is -2.12. The molecule has 6 aromatic carbocycles. The second-order valence-electron chi connectivity index (χ2n) is 11.7. The van der Waals surface area contributed by atoms with Crippen molar-refractivity contribution in [2.24, 2.45) is 0 Å².